The summed E-state index contributed by atoms with van der Waals surface area (Å²) in [5, 5.41) is 19.9. The third-order valence-electron chi connectivity index (χ3n) is 4.51. The summed E-state index contributed by atoms with van der Waals surface area (Å²) in [6.07, 6.45) is 0.0144. The van der Waals surface area contributed by atoms with Gasteiger partial charge in [0, 0.05) is 10.6 Å². The number of rotatable bonds is 5. The molecule has 1 unspecified atom stereocenters. The van der Waals surface area contributed by atoms with E-state index < -0.39 is 12.2 Å². The van der Waals surface area contributed by atoms with Crippen LogP contribution in [0.5, 0.6) is 5.75 Å². The molecule has 1 saturated heterocycles. The maximum absolute atomic E-state index is 9.86. The minimum atomic E-state index is -0.612. The van der Waals surface area contributed by atoms with Crippen LogP contribution in [0.2, 0.25) is 5.02 Å². The predicted molar refractivity (Wildman–Crippen MR) is 98.0 cm³/mol. The van der Waals surface area contributed by atoms with Crippen molar-refractivity contribution in [1.82, 2.24) is 0 Å². The van der Waals surface area contributed by atoms with Crippen LogP contribution in [0.25, 0.3) is 11.1 Å². The van der Waals surface area contributed by atoms with Crippen LogP contribution < -0.4 is 4.74 Å². The number of hydrogen-bond donors (Lipinski definition) is 2. The molecule has 0 aliphatic carbocycles. The molecule has 0 radical (unpaired) electrons. The van der Waals surface area contributed by atoms with Crippen LogP contribution in [-0.2, 0) is 4.74 Å². The highest BCUT2D eigenvalue weighted by atomic mass is 35.5. The highest BCUT2D eigenvalue weighted by molar-refractivity contribution is 6.33. The molecule has 2 aromatic carbocycles. The molecule has 3 rings (SSSR count). The van der Waals surface area contributed by atoms with Gasteiger partial charge in [0.05, 0.1) is 25.4 Å². The van der Waals surface area contributed by atoms with E-state index in [9.17, 15) is 10.2 Å². The average Bonchev–Trinajstić information content (AvgIpc) is 2.64. The second-order valence-electron chi connectivity index (χ2n) is 6.19. The topological polar surface area (TPSA) is 58.9 Å². The number of benzene rings is 2. The van der Waals surface area contributed by atoms with E-state index >= 15 is 0 Å². The van der Waals surface area contributed by atoms with E-state index in [-0.39, 0.29) is 12.7 Å². The fourth-order valence-corrected chi connectivity index (χ4v) is 3.38. The Kier molecular flexibility index (Phi) is 5.97. The number of aliphatic hydroxyl groups excluding tert-OH is 2. The van der Waals surface area contributed by atoms with Crippen molar-refractivity contribution in [2.75, 3.05) is 13.2 Å². The van der Waals surface area contributed by atoms with Crippen molar-refractivity contribution in [2.45, 2.75) is 38.1 Å². The first kappa shape index (κ1) is 18.2. The Morgan fingerprint density at radius 1 is 1.16 bits per heavy atom. The van der Waals surface area contributed by atoms with Gasteiger partial charge in [-0.3, -0.25) is 0 Å². The van der Waals surface area contributed by atoms with Crippen molar-refractivity contribution in [1.29, 1.82) is 0 Å². The Hall–Kier alpha value is -1.59. The molecule has 0 amide bonds. The Bertz CT molecular complexity index is 701. The van der Waals surface area contributed by atoms with Gasteiger partial charge in [-0.15, -0.1) is 0 Å². The quantitative estimate of drug-likeness (QED) is 0.844. The minimum Gasteiger partial charge on any atom is -0.494 e. The molecule has 0 saturated carbocycles. The minimum absolute atomic E-state index is 0.153. The van der Waals surface area contributed by atoms with E-state index in [2.05, 4.69) is 0 Å². The zero-order chi connectivity index (χ0) is 17.8. The first-order chi connectivity index (χ1) is 12.1. The molecule has 2 aromatic rings. The lowest BCUT2D eigenvalue weighted by atomic mass is 9.94. The van der Waals surface area contributed by atoms with Crippen LogP contribution in [0.3, 0.4) is 0 Å². The fraction of sp³-hybridized carbons (Fsp3) is 0.400. The van der Waals surface area contributed by atoms with Gasteiger partial charge in [-0.2, -0.15) is 0 Å². The lowest BCUT2D eigenvalue weighted by Crippen LogP contribution is -2.38. The summed E-state index contributed by atoms with van der Waals surface area (Å²) >= 11 is 6.40. The van der Waals surface area contributed by atoms with Crippen molar-refractivity contribution in [3.05, 3.63) is 53.1 Å². The van der Waals surface area contributed by atoms with E-state index in [0.29, 0.717) is 24.5 Å². The van der Waals surface area contributed by atoms with Crippen LogP contribution >= 0.6 is 11.6 Å². The van der Waals surface area contributed by atoms with Crippen LogP contribution in [-0.4, -0.2) is 35.6 Å². The van der Waals surface area contributed by atoms with Gasteiger partial charge in [0.25, 0.3) is 0 Å². The third-order valence-corrected chi connectivity index (χ3v) is 4.84. The summed E-state index contributed by atoms with van der Waals surface area (Å²) < 4.78 is 11.3. The number of ether oxygens (including phenoxy) is 2. The highest BCUT2D eigenvalue weighted by Gasteiger charge is 2.30. The molecule has 1 fully saturated rings. The van der Waals surface area contributed by atoms with Gasteiger partial charge >= 0.3 is 0 Å². The zero-order valence-corrected chi connectivity index (χ0v) is 14.9. The number of halogens is 1. The second kappa shape index (κ2) is 8.19. The van der Waals surface area contributed by atoms with E-state index in [1.165, 1.54) is 0 Å². The smallest absolute Gasteiger partial charge is 0.119 e. The van der Waals surface area contributed by atoms with Crippen molar-refractivity contribution >= 4 is 11.6 Å². The summed E-state index contributed by atoms with van der Waals surface area (Å²) in [6, 6.07) is 13.7. The molecule has 3 atom stereocenters. The molecule has 4 nitrogen and oxygen atoms in total. The van der Waals surface area contributed by atoms with Gasteiger partial charge in [-0.1, -0.05) is 29.8 Å². The highest BCUT2D eigenvalue weighted by Crippen LogP contribution is 2.36. The normalized spacial score (nSPS) is 23.4. The average molecular weight is 363 g/mol. The molecular weight excluding hydrogens is 340 g/mol. The molecule has 1 heterocycles. The number of aliphatic hydroxyl groups is 2. The summed E-state index contributed by atoms with van der Waals surface area (Å²) in [7, 11) is 0. The largest absolute Gasteiger partial charge is 0.494 e. The molecule has 1 aliphatic heterocycles. The third kappa shape index (κ3) is 4.15. The van der Waals surface area contributed by atoms with Gasteiger partial charge in [0.1, 0.15) is 11.9 Å². The van der Waals surface area contributed by atoms with E-state index in [1.54, 1.807) is 0 Å². The summed E-state index contributed by atoms with van der Waals surface area (Å²) in [5.41, 5.74) is 2.93. The first-order valence-corrected chi connectivity index (χ1v) is 8.97. The van der Waals surface area contributed by atoms with Gasteiger partial charge in [-0.25, -0.2) is 0 Å². The van der Waals surface area contributed by atoms with Crippen molar-refractivity contribution in [2.24, 2.45) is 0 Å². The van der Waals surface area contributed by atoms with Crippen LogP contribution in [0.1, 0.15) is 31.4 Å². The van der Waals surface area contributed by atoms with Crippen molar-refractivity contribution < 1.29 is 19.7 Å². The lowest BCUT2D eigenvalue weighted by molar-refractivity contribution is -0.135. The van der Waals surface area contributed by atoms with Gasteiger partial charge < -0.3 is 19.7 Å². The Labute approximate surface area is 153 Å². The van der Waals surface area contributed by atoms with E-state index in [1.807, 2.05) is 49.4 Å². The SMILES string of the molecule is CCOc1ccc(-c2cc(C3CC[C@@H](O)[C@@H](CO)O3)ccc2Cl)cc1. The maximum Gasteiger partial charge on any atom is 0.119 e. The van der Waals surface area contributed by atoms with Gasteiger partial charge in [-0.05, 0) is 55.2 Å². The van der Waals surface area contributed by atoms with Crippen LogP contribution in [0.4, 0.5) is 0 Å². The summed E-state index contributed by atoms with van der Waals surface area (Å²) in [4.78, 5) is 0. The molecular formula is C20H23ClO4. The summed E-state index contributed by atoms with van der Waals surface area (Å²) in [5.74, 6) is 0.828. The fourth-order valence-electron chi connectivity index (χ4n) is 3.15. The molecule has 0 spiro atoms. The first-order valence-electron chi connectivity index (χ1n) is 8.59. The summed E-state index contributed by atoms with van der Waals surface area (Å²) in [6.45, 7) is 2.40. The molecule has 2 N–H and O–H groups in total. The molecule has 0 bridgehead atoms. The van der Waals surface area contributed by atoms with Crippen LogP contribution in [0.15, 0.2) is 42.5 Å². The Morgan fingerprint density at radius 3 is 2.60 bits per heavy atom. The molecule has 134 valence electrons. The van der Waals surface area contributed by atoms with Crippen molar-refractivity contribution in [3.63, 3.8) is 0 Å². The molecule has 0 aromatic heterocycles. The number of hydrogen-bond acceptors (Lipinski definition) is 4. The standard InChI is InChI=1S/C20H23ClO4/c1-2-24-15-6-3-13(4-7-15)16-11-14(5-8-17(16)21)19-10-9-18(23)20(12-22)25-19/h3-8,11,18-20,22-23H,2,9-10,12H2,1H3/t18-,19?,20-/m1/s1. The second-order valence-corrected chi connectivity index (χ2v) is 6.59. The Morgan fingerprint density at radius 2 is 1.92 bits per heavy atom. The Balaban J connectivity index is 1.85. The maximum atomic E-state index is 9.86. The van der Waals surface area contributed by atoms with Gasteiger partial charge in [0.15, 0.2) is 0 Å². The van der Waals surface area contributed by atoms with E-state index in [0.717, 1.165) is 22.4 Å². The van der Waals surface area contributed by atoms with Crippen molar-refractivity contribution in [3.8, 4) is 16.9 Å². The lowest BCUT2D eigenvalue weighted by Gasteiger charge is -2.33. The van der Waals surface area contributed by atoms with Gasteiger partial charge in [0.2, 0.25) is 0 Å². The van der Waals surface area contributed by atoms with Crippen LogP contribution in [0, 0.1) is 0 Å². The molecule has 25 heavy (non-hydrogen) atoms. The predicted octanol–water partition coefficient (Wildman–Crippen LogP) is 3.98. The molecule has 1 aliphatic rings. The molecule has 5 heteroatoms. The monoisotopic (exact) mass is 362 g/mol. The zero-order valence-electron chi connectivity index (χ0n) is 14.2. The van der Waals surface area contributed by atoms with E-state index in [4.69, 9.17) is 21.1 Å².